The van der Waals surface area contributed by atoms with Crippen LogP contribution in [0.4, 0.5) is 5.82 Å². The minimum absolute atomic E-state index is 0.125. The number of nitrogens with zero attached hydrogens (tertiary/aromatic N) is 1. The lowest BCUT2D eigenvalue weighted by Gasteiger charge is -2.09. The average Bonchev–Trinajstić information content (AvgIpc) is 3.16. The Kier molecular flexibility index (Phi) is 5.82. The molecular formula is C24H19ClN4O2. The fourth-order valence-corrected chi connectivity index (χ4v) is 3.47. The zero-order valence-corrected chi connectivity index (χ0v) is 17.2. The van der Waals surface area contributed by atoms with Crippen molar-refractivity contribution in [3.05, 3.63) is 107 Å². The Bertz CT molecular complexity index is 1220. The van der Waals surface area contributed by atoms with Gasteiger partial charge in [-0.15, -0.1) is 0 Å². The van der Waals surface area contributed by atoms with Crippen LogP contribution in [0.3, 0.4) is 0 Å². The molecule has 0 spiro atoms. The van der Waals surface area contributed by atoms with Crippen molar-refractivity contribution >= 4 is 29.1 Å². The van der Waals surface area contributed by atoms with Crippen LogP contribution in [0.2, 0.25) is 5.02 Å². The molecule has 4 rings (SSSR count). The second-order valence-corrected chi connectivity index (χ2v) is 7.34. The van der Waals surface area contributed by atoms with Crippen molar-refractivity contribution in [2.75, 3.05) is 5.73 Å². The maximum absolute atomic E-state index is 13.2. The zero-order valence-electron chi connectivity index (χ0n) is 16.4. The highest BCUT2D eigenvalue weighted by Gasteiger charge is 2.27. The van der Waals surface area contributed by atoms with Crippen molar-refractivity contribution in [3.63, 3.8) is 0 Å². The van der Waals surface area contributed by atoms with Gasteiger partial charge in [-0.3, -0.25) is 14.6 Å². The van der Waals surface area contributed by atoms with Crippen LogP contribution in [0.25, 0.3) is 11.1 Å². The van der Waals surface area contributed by atoms with E-state index >= 15 is 0 Å². The van der Waals surface area contributed by atoms with Crippen molar-refractivity contribution in [2.24, 2.45) is 0 Å². The molecule has 0 aliphatic heterocycles. The maximum Gasteiger partial charge on any atom is 0.255 e. The zero-order chi connectivity index (χ0) is 21.8. The van der Waals surface area contributed by atoms with Crippen molar-refractivity contribution in [1.82, 2.24) is 15.3 Å². The van der Waals surface area contributed by atoms with Crippen LogP contribution >= 0.6 is 11.6 Å². The number of benzene rings is 2. The summed E-state index contributed by atoms with van der Waals surface area (Å²) in [5.74, 6) is -0.516. The summed E-state index contributed by atoms with van der Waals surface area (Å²) in [5.41, 5.74) is 9.15. The van der Waals surface area contributed by atoms with Crippen molar-refractivity contribution in [1.29, 1.82) is 0 Å². The summed E-state index contributed by atoms with van der Waals surface area (Å²) in [5, 5.41) is 3.49. The molecule has 0 aliphatic rings. The van der Waals surface area contributed by atoms with E-state index in [1.54, 1.807) is 60.9 Å². The number of nitrogens with one attached hydrogen (secondary N) is 2. The Balaban J connectivity index is 1.73. The minimum atomic E-state index is -0.386. The molecule has 0 bridgehead atoms. The molecule has 2 aromatic heterocycles. The lowest BCUT2D eigenvalue weighted by molar-refractivity contribution is 0.0952. The van der Waals surface area contributed by atoms with Gasteiger partial charge in [-0.05, 0) is 35.4 Å². The number of anilines is 1. The molecule has 0 saturated heterocycles. The van der Waals surface area contributed by atoms with E-state index in [9.17, 15) is 9.59 Å². The fraction of sp³-hybridized carbons (Fsp3) is 0.0417. The van der Waals surface area contributed by atoms with Crippen LogP contribution < -0.4 is 11.1 Å². The van der Waals surface area contributed by atoms with Crippen LogP contribution in [0.15, 0.2) is 79.1 Å². The highest BCUT2D eigenvalue weighted by Crippen LogP contribution is 2.33. The summed E-state index contributed by atoms with van der Waals surface area (Å²) in [6.07, 6.45) is 3.20. The van der Waals surface area contributed by atoms with Crippen LogP contribution in [-0.2, 0) is 6.54 Å². The van der Waals surface area contributed by atoms with E-state index in [0.29, 0.717) is 28.3 Å². The van der Waals surface area contributed by atoms with Gasteiger partial charge in [-0.1, -0.05) is 54.1 Å². The number of rotatable bonds is 6. The molecule has 154 valence electrons. The van der Waals surface area contributed by atoms with E-state index in [1.165, 1.54) is 0 Å². The van der Waals surface area contributed by atoms with Gasteiger partial charge in [-0.2, -0.15) is 0 Å². The normalized spacial score (nSPS) is 10.6. The summed E-state index contributed by atoms with van der Waals surface area (Å²) >= 11 is 5.92. The quantitative estimate of drug-likeness (QED) is 0.393. The number of H-pyrrole nitrogens is 1. The topological polar surface area (TPSA) is 101 Å². The van der Waals surface area contributed by atoms with Gasteiger partial charge in [0, 0.05) is 35.1 Å². The predicted molar refractivity (Wildman–Crippen MR) is 121 cm³/mol. The van der Waals surface area contributed by atoms with E-state index in [0.717, 1.165) is 5.56 Å². The summed E-state index contributed by atoms with van der Waals surface area (Å²) < 4.78 is 0. The third-order valence-corrected chi connectivity index (χ3v) is 5.11. The molecule has 2 aromatic carbocycles. The Morgan fingerprint density at radius 1 is 0.968 bits per heavy atom. The largest absolute Gasteiger partial charge is 0.385 e. The molecule has 0 unspecified atom stereocenters. The molecule has 0 radical (unpaired) electrons. The third kappa shape index (κ3) is 4.34. The second kappa shape index (κ2) is 8.85. The van der Waals surface area contributed by atoms with Gasteiger partial charge in [0.25, 0.3) is 5.91 Å². The number of nitrogen functional groups attached to an aromatic ring is 1. The number of nitrogens with two attached hydrogens (primary N) is 1. The maximum atomic E-state index is 13.2. The number of carbonyl (C=O) groups excluding carboxylic acids is 2. The molecule has 0 aliphatic carbocycles. The van der Waals surface area contributed by atoms with Crippen molar-refractivity contribution < 1.29 is 9.59 Å². The molecule has 1 amide bonds. The standard InChI is InChI=1S/C24H19ClN4O2/c25-18-8-6-15(7-9-18)14-28-24(31)20-19(16-10-12-27-13-11-16)21(29-23(20)26)22(30)17-4-2-1-3-5-17/h1-13,29H,14,26H2,(H,28,31). The SMILES string of the molecule is Nc1[nH]c(C(=O)c2ccccc2)c(-c2ccncc2)c1C(=O)NCc1ccc(Cl)cc1. The first-order valence-electron chi connectivity index (χ1n) is 9.59. The number of carbonyl (C=O) groups is 2. The van der Waals surface area contributed by atoms with E-state index in [4.69, 9.17) is 17.3 Å². The van der Waals surface area contributed by atoms with Crippen LogP contribution in [0.5, 0.6) is 0 Å². The Morgan fingerprint density at radius 2 is 1.65 bits per heavy atom. The molecule has 6 nitrogen and oxygen atoms in total. The Labute approximate surface area is 184 Å². The number of ketones is 1. The number of aromatic amines is 1. The molecule has 0 atom stereocenters. The minimum Gasteiger partial charge on any atom is -0.385 e. The molecule has 4 N–H and O–H groups in total. The van der Waals surface area contributed by atoms with Crippen molar-refractivity contribution in [3.8, 4) is 11.1 Å². The molecule has 31 heavy (non-hydrogen) atoms. The van der Waals surface area contributed by atoms with Gasteiger partial charge in [0.15, 0.2) is 0 Å². The van der Waals surface area contributed by atoms with E-state index in [-0.39, 0.29) is 28.8 Å². The van der Waals surface area contributed by atoms with E-state index in [2.05, 4.69) is 15.3 Å². The lowest BCUT2D eigenvalue weighted by atomic mass is 9.97. The van der Waals surface area contributed by atoms with E-state index < -0.39 is 0 Å². The van der Waals surface area contributed by atoms with Gasteiger partial charge >= 0.3 is 0 Å². The summed E-state index contributed by atoms with van der Waals surface area (Å²) in [6, 6.07) is 19.5. The first-order valence-corrected chi connectivity index (χ1v) is 9.96. The van der Waals surface area contributed by atoms with Gasteiger partial charge < -0.3 is 16.0 Å². The Morgan fingerprint density at radius 3 is 2.32 bits per heavy atom. The lowest BCUT2D eigenvalue weighted by Crippen LogP contribution is -2.24. The number of hydrogen-bond donors (Lipinski definition) is 3. The van der Waals surface area contributed by atoms with Crippen LogP contribution in [0.1, 0.15) is 32.0 Å². The number of hydrogen-bond acceptors (Lipinski definition) is 4. The van der Waals surface area contributed by atoms with Gasteiger partial charge in [0.1, 0.15) is 5.82 Å². The van der Waals surface area contributed by atoms with Gasteiger partial charge in [-0.25, -0.2) is 0 Å². The van der Waals surface area contributed by atoms with Gasteiger partial charge in [0.05, 0.1) is 11.3 Å². The van der Waals surface area contributed by atoms with Crippen molar-refractivity contribution in [2.45, 2.75) is 6.54 Å². The highest BCUT2D eigenvalue weighted by molar-refractivity contribution is 6.30. The number of amides is 1. The molecule has 0 fully saturated rings. The highest BCUT2D eigenvalue weighted by atomic mass is 35.5. The summed E-state index contributed by atoms with van der Waals surface area (Å²) in [7, 11) is 0. The number of halogens is 1. The first kappa shape index (κ1) is 20.4. The van der Waals surface area contributed by atoms with Crippen LogP contribution in [0, 0.1) is 0 Å². The molecule has 4 aromatic rings. The second-order valence-electron chi connectivity index (χ2n) is 6.90. The monoisotopic (exact) mass is 430 g/mol. The fourth-order valence-electron chi connectivity index (χ4n) is 3.34. The molecule has 2 heterocycles. The average molecular weight is 431 g/mol. The number of pyridine rings is 1. The predicted octanol–water partition coefficient (Wildman–Crippen LogP) is 4.47. The van der Waals surface area contributed by atoms with Crippen LogP contribution in [-0.4, -0.2) is 21.7 Å². The molecule has 7 heteroatoms. The first-order chi connectivity index (χ1) is 15.0. The Hall–Kier alpha value is -3.90. The third-order valence-electron chi connectivity index (χ3n) is 4.85. The smallest absolute Gasteiger partial charge is 0.255 e. The summed E-state index contributed by atoms with van der Waals surface area (Å²) in [4.78, 5) is 33.3. The summed E-state index contributed by atoms with van der Waals surface area (Å²) in [6.45, 7) is 0.290. The number of aromatic nitrogens is 2. The van der Waals surface area contributed by atoms with Gasteiger partial charge in [0.2, 0.25) is 5.78 Å². The van der Waals surface area contributed by atoms with E-state index in [1.807, 2.05) is 18.2 Å². The molecule has 0 saturated carbocycles. The molecular weight excluding hydrogens is 412 g/mol.